The molecule has 108 valence electrons. The second-order valence-corrected chi connectivity index (χ2v) is 4.85. The first-order chi connectivity index (χ1) is 9.50. The molecular formula is C14H17NO5. The molecule has 1 N–H and O–H groups in total. The third-order valence-corrected chi connectivity index (χ3v) is 3.71. The molecule has 1 aliphatic carbocycles. The van der Waals surface area contributed by atoms with Crippen LogP contribution in [0.25, 0.3) is 0 Å². The van der Waals surface area contributed by atoms with E-state index in [9.17, 15) is 14.4 Å². The number of hydrogen-bond donors (Lipinski definition) is 1. The van der Waals surface area contributed by atoms with Gasteiger partial charge in [-0.3, -0.25) is 9.59 Å². The maximum atomic E-state index is 12.1. The van der Waals surface area contributed by atoms with Crippen molar-refractivity contribution in [1.29, 1.82) is 0 Å². The molecule has 1 fully saturated rings. The van der Waals surface area contributed by atoms with E-state index in [0.29, 0.717) is 30.8 Å². The Morgan fingerprint density at radius 1 is 1.45 bits per heavy atom. The Bertz CT molecular complexity index is 548. The van der Waals surface area contributed by atoms with Gasteiger partial charge in [0.15, 0.2) is 11.6 Å². The van der Waals surface area contributed by atoms with E-state index in [1.165, 1.54) is 14.0 Å². The van der Waals surface area contributed by atoms with Gasteiger partial charge < -0.3 is 14.5 Å². The zero-order valence-electron chi connectivity index (χ0n) is 11.5. The van der Waals surface area contributed by atoms with E-state index in [2.05, 4.69) is 10.1 Å². The number of carbonyl (C=O) groups excluding carboxylic acids is 3. The molecule has 1 heterocycles. The van der Waals surface area contributed by atoms with E-state index in [0.717, 1.165) is 0 Å². The van der Waals surface area contributed by atoms with Crippen molar-refractivity contribution in [2.75, 3.05) is 7.11 Å². The van der Waals surface area contributed by atoms with Crippen LogP contribution in [0.4, 0.5) is 4.79 Å². The van der Waals surface area contributed by atoms with E-state index >= 15 is 0 Å². The number of carbonyl (C=O) groups is 3. The largest absolute Gasteiger partial charge is 0.463 e. The first-order valence-electron chi connectivity index (χ1n) is 6.46. The summed E-state index contributed by atoms with van der Waals surface area (Å²) < 4.78 is 10.0. The molecule has 2 rings (SSSR count). The van der Waals surface area contributed by atoms with Gasteiger partial charge in [-0.2, -0.15) is 0 Å². The Kier molecular flexibility index (Phi) is 3.92. The summed E-state index contributed by atoms with van der Waals surface area (Å²) in [5.41, 5.74) is -1.14. The van der Waals surface area contributed by atoms with Gasteiger partial charge in [0.05, 0.1) is 13.7 Å². The van der Waals surface area contributed by atoms with Gasteiger partial charge in [0.2, 0.25) is 0 Å². The summed E-state index contributed by atoms with van der Waals surface area (Å²) >= 11 is 0. The predicted octanol–water partition coefficient (Wildman–Crippen LogP) is 1.72. The van der Waals surface area contributed by atoms with Gasteiger partial charge in [0.1, 0.15) is 16.9 Å². The van der Waals surface area contributed by atoms with Crippen molar-refractivity contribution in [3.05, 3.63) is 23.7 Å². The van der Waals surface area contributed by atoms with Gasteiger partial charge in [-0.05, 0) is 31.9 Å². The molecule has 1 atom stereocenters. The minimum atomic E-state index is -1.14. The maximum absolute atomic E-state index is 12.1. The van der Waals surface area contributed by atoms with Crippen LogP contribution < -0.4 is 5.32 Å². The van der Waals surface area contributed by atoms with Gasteiger partial charge in [-0.15, -0.1) is 0 Å². The summed E-state index contributed by atoms with van der Waals surface area (Å²) in [7, 11) is 1.27. The highest BCUT2D eigenvalue weighted by molar-refractivity contribution is 6.12. The van der Waals surface area contributed by atoms with Crippen LogP contribution in [0.2, 0.25) is 0 Å². The molecule has 1 amide bonds. The van der Waals surface area contributed by atoms with Crippen LogP contribution in [0.5, 0.6) is 0 Å². The molecule has 20 heavy (non-hydrogen) atoms. The zero-order valence-corrected chi connectivity index (χ0v) is 11.5. The lowest BCUT2D eigenvalue weighted by atomic mass is 9.79. The lowest BCUT2D eigenvalue weighted by molar-refractivity contribution is -0.132. The molecule has 6 nitrogen and oxygen atoms in total. The molecule has 0 spiro atoms. The minimum absolute atomic E-state index is 0.0909. The topological polar surface area (TPSA) is 85.6 Å². The first-order valence-corrected chi connectivity index (χ1v) is 6.46. The first kappa shape index (κ1) is 14.3. The Morgan fingerprint density at radius 2 is 2.20 bits per heavy atom. The van der Waals surface area contributed by atoms with Crippen molar-refractivity contribution >= 4 is 17.7 Å². The average molecular weight is 279 g/mol. The molecule has 1 aromatic rings. The van der Waals surface area contributed by atoms with Gasteiger partial charge in [0.25, 0.3) is 0 Å². The lowest BCUT2D eigenvalue weighted by Crippen LogP contribution is -2.37. The summed E-state index contributed by atoms with van der Waals surface area (Å²) in [6.45, 7) is 1.56. The van der Waals surface area contributed by atoms with Crippen LogP contribution in [-0.4, -0.2) is 24.8 Å². The number of Topliss-reactive ketones (excluding diaryl/α,β-unsaturated/α-hetero) is 2. The fraction of sp³-hybridized carbons (Fsp3) is 0.500. The second-order valence-electron chi connectivity index (χ2n) is 4.85. The maximum Gasteiger partial charge on any atom is 0.407 e. The molecule has 1 aromatic heterocycles. The molecule has 0 bridgehead atoms. The second kappa shape index (κ2) is 5.48. The van der Waals surface area contributed by atoms with Crippen molar-refractivity contribution in [1.82, 2.24) is 5.32 Å². The van der Waals surface area contributed by atoms with Gasteiger partial charge in [-0.1, -0.05) is 0 Å². The molecule has 1 aliphatic rings. The van der Waals surface area contributed by atoms with Crippen LogP contribution in [0, 0.1) is 0 Å². The Hall–Kier alpha value is -2.11. The Morgan fingerprint density at radius 3 is 2.75 bits per heavy atom. The summed E-state index contributed by atoms with van der Waals surface area (Å²) in [5.74, 6) is 0.563. The summed E-state index contributed by atoms with van der Waals surface area (Å²) in [6.07, 6.45) is 1.00. The van der Waals surface area contributed by atoms with Crippen LogP contribution in [0.3, 0.4) is 0 Å². The standard InChI is InChI=1S/C14H17NO5/c1-9(16)14(7-3-4-11(14)17)12-6-5-10(20-12)8-15-13(18)19-2/h5-6H,3-4,7-8H2,1-2H3,(H,15,18)/t14-/m0/s1. The number of methoxy groups -OCH3 is 1. The normalized spacial score (nSPS) is 21.8. The average Bonchev–Trinajstić information content (AvgIpc) is 3.02. The van der Waals surface area contributed by atoms with Gasteiger partial charge >= 0.3 is 6.09 Å². The SMILES string of the molecule is COC(=O)NCc1ccc([C@]2(C(C)=O)CCCC2=O)o1. The summed E-state index contributed by atoms with van der Waals surface area (Å²) in [4.78, 5) is 35.0. The number of furan rings is 1. The smallest absolute Gasteiger partial charge is 0.407 e. The number of alkyl carbamates (subject to hydrolysis) is 1. The van der Waals surface area contributed by atoms with E-state index in [1.807, 2.05) is 0 Å². The molecule has 0 radical (unpaired) electrons. The highest BCUT2D eigenvalue weighted by atomic mass is 16.5. The van der Waals surface area contributed by atoms with Crippen molar-refractivity contribution in [2.45, 2.75) is 38.1 Å². The molecule has 0 unspecified atom stereocenters. The number of ketones is 2. The van der Waals surface area contributed by atoms with Crippen LogP contribution in [0.15, 0.2) is 16.5 Å². The number of rotatable bonds is 4. The Labute approximate surface area is 116 Å². The number of amides is 1. The van der Waals surface area contributed by atoms with Crippen LogP contribution in [-0.2, 0) is 26.3 Å². The molecule has 0 aliphatic heterocycles. The monoisotopic (exact) mass is 279 g/mol. The van der Waals surface area contributed by atoms with E-state index < -0.39 is 11.5 Å². The van der Waals surface area contributed by atoms with Crippen LogP contribution >= 0.6 is 0 Å². The van der Waals surface area contributed by atoms with Crippen molar-refractivity contribution < 1.29 is 23.5 Å². The highest BCUT2D eigenvalue weighted by Gasteiger charge is 2.50. The van der Waals surface area contributed by atoms with Crippen molar-refractivity contribution in [3.8, 4) is 0 Å². The van der Waals surface area contributed by atoms with E-state index in [4.69, 9.17) is 4.42 Å². The summed E-state index contributed by atoms with van der Waals surface area (Å²) in [6, 6.07) is 3.29. The Balaban J connectivity index is 2.20. The van der Waals surface area contributed by atoms with Crippen molar-refractivity contribution in [3.63, 3.8) is 0 Å². The zero-order chi connectivity index (χ0) is 14.8. The quantitative estimate of drug-likeness (QED) is 0.848. The van der Waals surface area contributed by atoms with Gasteiger partial charge in [0, 0.05) is 6.42 Å². The fourth-order valence-corrected chi connectivity index (χ4v) is 2.61. The number of ether oxygens (including phenoxy) is 1. The third kappa shape index (κ3) is 2.33. The molecular weight excluding hydrogens is 262 g/mol. The summed E-state index contributed by atoms with van der Waals surface area (Å²) in [5, 5.41) is 2.48. The molecule has 0 aromatic carbocycles. The molecule has 6 heteroatoms. The number of hydrogen-bond acceptors (Lipinski definition) is 5. The lowest BCUT2D eigenvalue weighted by Gasteiger charge is -2.21. The predicted molar refractivity (Wildman–Crippen MR) is 69.2 cm³/mol. The fourth-order valence-electron chi connectivity index (χ4n) is 2.61. The molecule has 0 saturated heterocycles. The minimum Gasteiger partial charge on any atom is -0.463 e. The van der Waals surface area contributed by atoms with Crippen LogP contribution in [0.1, 0.15) is 37.7 Å². The number of nitrogens with one attached hydrogen (secondary N) is 1. The van der Waals surface area contributed by atoms with E-state index in [1.54, 1.807) is 12.1 Å². The third-order valence-electron chi connectivity index (χ3n) is 3.71. The van der Waals surface area contributed by atoms with E-state index in [-0.39, 0.29) is 18.1 Å². The molecule has 1 saturated carbocycles. The van der Waals surface area contributed by atoms with Crippen molar-refractivity contribution in [2.24, 2.45) is 0 Å². The van der Waals surface area contributed by atoms with Gasteiger partial charge in [-0.25, -0.2) is 4.79 Å². The highest BCUT2D eigenvalue weighted by Crippen LogP contribution is 2.39.